The Morgan fingerprint density at radius 2 is 1.94 bits per heavy atom. The van der Waals surface area contributed by atoms with Gasteiger partial charge in [-0.3, -0.25) is 9.78 Å². The van der Waals surface area contributed by atoms with Crippen LogP contribution < -0.4 is 4.74 Å². The van der Waals surface area contributed by atoms with Crippen LogP contribution in [0.5, 0.6) is 11.6 Å². The number of aromatic nitrogens is 2. The van der Waals surface area contributed by atoms with Crippen LogP contribution in [0.1, 0.15) is 30.0 Å². The Morgan fingerprint density at radius 3 is 2.61 bits per heavy atom. The third-order valence-corrected chi connectivity index (χ3v) is 4.94. The Balaban J connectivity index is 1.72. The molecule has 0 spiro atoms. The van der Waals surface area contributed by atoms with Crippen LogP contribution in [-0.4, -0.2) is 59.4 Å². The van der Waals surface area contributed by atoms with E-state index in [2.05, 4.69) is 9.97 Å². The van der Waals surface area contributed by atoms with Crippen LogP contribution in [0.25, 0.3) is 0 Å². The largest absolute Gasteiger partial charge is 0.437 e. The molecule has 0 radical (unpaired) electrons. The number of likely N-dealkylation sites (tertiary alicyclic amines) is 1. The summed E-state index contributed by atoms with van der Waals surface area (Å²) in [7, 11) is 3.86. The van der Waals surface area contributed by atoms with Gasteiger partial charge in [-0.1, -0.05) is 6.08 Å². The summed E-state index contributed by atoms with van der Waals surface area (Å²) in [6.07, 6.45) is 3.65. The molecule has 31 heavy (non-hydrogen) atoms. The predicted molar refractivity (Wildman–Crippen MR) is 110 cm³/mol. The lowest BCUT2D eigenvalue weighted by atomic mass is 9.94. The predicted octanol–water partition coefficient (Wildman–Crippen LogP) is 4.11. The lowest BCUT2D eigenvalue weighted by Crippen LogP contribution is -2.38. The van der Waals surface area contributed by atoms with Crippen LogP contribution >= 0.6 is 0 Å². The van der Waals surface area contributed by atoms with Crippen molar-refractivity contribution in [2.75, 3.05) is 33.7 Å². The molecule has 1 amide bonds. The quantitative estimate of drug-likeness (QED) is 0.641. The first-order chi connectivity index (χ1) is 14.7. The van der Waals surface area contributed by atoms with E-state index in [9.17, 15) is 18.0 Å². The van der Waals surface area contributed by atoms with Gasteiger partial charge in [0, 0.05) is 44.0 Å². The number of carbonyl (C=O) groups excluding carboxylic acids is 1. The van der Waals surface area contributed by atoms with Crippen LogP contribution in [0, 0.1) is 0 Å². The number of amides is 1. The molecular weight excluding hydrogens is 409 g/mol. The molecule has 1 aliphatic rings. The van der Waals surface area contributed by atoms with Crippen molar-refractivity contribution in [3.8, 4) is 11.6 Å². The lowest BCUT2D eigenvalue weighted by Gasteiger charge is -2.32. The Labute approximate surface area is 179 Å². The second-order valence-electron chi connectivity index (χ2n) is 7.66. The molecule has 1 fully saturated rings. The van der Waals surface area contributed by atoms with Gasteiger partial charge in [-0.25, -0.2) is 4.98 Å². The highest BCUT2D eigenvalue weighted by molar-refractivity contribution is 5.87. The molecule has 3 rings (SSSR count). The van der Waals surface area contributed by atoms with Gasteiger partial charge in [-0.2, -0.15) is 13.2 Å². The molecule has 9 heteroatoms. The normalized spacial score (nSPS) is 17.4. The Bertz CT molecular complexity index is 914. The summed E-state index contributed by atoms with van der Waals surface area (Å²) in [4.78, 5) is 24.9. The number of rotatable bonds is 6. The number of ether oxygens (including phenoxy) is 1. The van der Waals surface area contributed by atoms with Crippen LogP contribution in [0.3, 0.4) is 0 Å². The van der Waals surface area contributed by atoms with E-state index < -0.39 is 11.7 Å². The van der Waals surface area contributed by atoms with Crippen molar-refractivity contribution >= 4 is 5.91 Å². The minimum absolute atomic E-state index is 0.0550. The van der Waals surface area contributed by atoms with Crippen molar-refractivity contribution in [1.82, 2.24) is 19.8 Å². The zero-order chi connectivity index (χ0) is 22.4. The van der Waals surface area contributed by atoms with Crippen LogP contribution in [0.15, 0.2) is 48.8 Å². The third kappa shape index (κ3) is 6.27. The van der Waals surface area contributed by atoms with Crippen LogP contribution in [0.2, 0.25) is 0 Å². The van der Waals surface area contributed by atoms with E-state index in [0.29, 0.717) is 25.3 Å². The average molecular weight is 434 g/mol. The van der Waals surface area contributed by atoms with Gasteiger partial charge in [0.05, 0.1) is 5.56 Å². The fraction of sp³-hybridized carbons (Fsp3) is 0.409. The first-order valence-electron chi connectivity index (χ1n) is 10.00. The van der Waals surface area contributed by atoms with Gasteiger partial charge in [0.25, 0.3) is 0 Å². The molecule has 1 unspecified atom stereocenters. The van der Waals surface area contributed by atoms with E-state index >= 15 is 0 Å². The second kappa shape index (κ2) is 9.91. The van der Waals surface area contributed by atoms with Crippen LogP contribution in [0.4, 0.5) is 13.2 Å². The van der Waals surface area contributed by atoms with E-state index in [4.69, 9.17) is 4.74 Å². The van der Waals surface area contributed by atoms with Gasteiger partial charge in [0.2, 0.25) is 11.8 Å². The zero-order valence-corrected chi connectivity index (χ0v) is 17.5. The van der Waals surface area contributed by atoms with Crippen molar-refractivity contribution in [2.24, 2.45) is 0 Å². The molecule has 1 aromatic carbocycles. The van der Waals surface area contributed by atoms with Gasteiger partial charge in [-0.15, -0.1) is 0 Å². The summed E-state index contributed by atoms with van der Waals surface area (Å²) in [6, 6.07) is 4.44. The molecule has 0 N–H and O–H groups in total. The monoisotopic (exact) mass is 434 g/mol. The van der Waals surface area contributed by atoms with E-state index in [0.717, 1.165) is 25.0 Å². The van der Waals surface area contributed by atoms with Crippen LogP contribution in [-0.2, 0) is 11.0 Å². The zero-order valence-electron chi connectivity index (χ0n) is 17.5. The van der Waals surface area contributed by atoms with E-state index in [1.54, 1.807) is 17.2 Å². The molecule has 1 atom stereocenters. The number of halogens is 3. The average Bonchev–Trinajstić information content (AvgIpc) is 2.73. The summed E-state index contributed by atoms with van der Waals surface area (Å²) in [6.45, 7) is 1.82. The number of hydrogen-bond acceptors (Lipinski definition) is 5. The number of piperidine rings is 1. The highest BCUT2D eigenvalue weighted by atomic mass is 19.4. The van der Waals surface area contributed by atoms with E-state index in [-0.39, 0.29) is 23.5 Å². The maximum Gasteiger partial charge on any atom is 0.416 e. The van der Waals surface area contributed by atoms with Gasteiger partial charge >= 0.3 is 6.18 Å². The molecular formula is C22H25F3N4O2. The van der Waals surface area contributed by atoms with Crippen molar-refractivity contribution in [3.63, 3.8) is 0 Å². The second-order valence-corrected chi connectivity index (χ2v) is 7.66. The number of likely N-dealkylation sites (N-methyl/N-ethyl adjacent to an activating group) is 1. The molecule has 1 aromatic heterocycles. The summed E-state index contributed by atoms with van der Waals surface area (Å²) in [5.41, 5.74) is -0.153. The molecule has 0 bridgehead atoms. The highest BCUT2D eigenvalue weighted by Crippen LogP contribution is 2.34. The van der Waals surface area contributed by atoms with Crippen molar-refractivity contribution in [2.45, 2.75) is 24.9 Å². The molecule has 1 saturated heterocycles. The van der Waals surface area contributed by atoms with Gasteiger partial charge in [-0.05, 0) is 51.2 Å². The Kier molecular flexibility index (Phi) is 7.27. The molecule has 2 heterocycles. The fourth-order valence-electron chi connectivity index (χ4n) is 3.39. The highest BCUT2D eigenvalue weighted by Gasteiger charge is 2.30. The maximum absolute atomic E-state index is 12.8. The van der Waals surface area contributed by atoms with Crippen molar-refractivity contribution < 1.29 is 22.7 Å². The maximum atomic E-state index is 12.8. The summed E-state index contributed by atoms with van der Waals surface area (Å²) < 4.78 is 44.1. The summed E-state index contributed by atoms with van der Waals surface area (Å²) in [5.74, 6) is 0.355. The minimum Gasteiger partial charge on any atom is -0.437 e. The molecule has 166 valence electrons. The smallest absolute Gasteiger partial charge is 0.416 e. The summed E-state index contributed by atoms with van der Waals surface area (Å²) >= 11 is 0. The van der Waals surface area contributed by atoms with E-state index in [1.165, 1.54) is 18.3 Å². The number of benzene rings is 1. The number of nitrogens with zero attached hydrogens (tertiary/aromatic N) is 4. The first kappa shape index (κ1) is 22.7. The third-order valence-electron chi connectivity index (χ3n) is 4.94. The van der Waals surface area contributed by atoms with Gasteiger partial charge in [0.1, 0.15) is 11.4 Å². The number of hydrogen-bond donors (Lipinski definition) is 0. The van der Waals surface area contributed by atoms with Crippen molar-refractivity contribution in [3.05, 3.63) is 60.1 Å². The van der Waals surface area contributed by atoms with E-state index in [1.807, 2.05) is 25.1 Å². The summed E-state index contributed by atoms with van der Waals surface area (Å²) in [5, 5.41) is 0. The molecule has 6 nitrogen and oxygen atoms in total. The van der Waals surface area contributed by atoms with Crippen molar-refractivity contribution in [1.29, 1.82) is 0 Å². The lowest BCUT2D eigenvalue weighted by molar-refractivity contribution is -0.137. The first-order valence-corrected chi connectivity index (χ1v) is 10.00. The molecule has 1 aliphatic heterocycles. The SMILES string of the molecule is CN(C)C/C=C/C(=O)N1CCCC(c2nccnc2Oc2ccc(C(F)(F)F)cc2)C1. The standard InChI is InChI=1S/C22H25F3N4O2/c1-28(2)13-4-6-19(30)29-14-3-5-16(15-29)20-21(27-12-11-26-20)31-18-9-7-17(8-10-18)22(23,24)25/h4,6-12,16H,3,5,13-15H2,1-2H3/b6-4+. The molecule has 0 saturated carbocycles. The minimum atomic E-state index is -4.41. The Hall–Kier alpha value is -2.94. The van der Waals surface area contributed by atoms with Gasteiger partial charge in [0.15, 0.2) is 0 Å². The molecule has 2 aromatic rings. The topological polar surface area (TPSA) is 58.6 Å². The molecule has 0 aliphatic carbocycles. The van der Waals surface area contributed by atoms with Gasteiger partial charge < -0.3 is 14.5 Å². The number of carbonyl (C=O) groups is 1. The Morgan fingerprint density at radius 1 is 1.23 bits per heavy atom. The number of alkyl halides is 3. The fourth-order valence-corrected chi connectivity index (χ4v) is 3.39.